The minimum Gasteiger partial charge on any atom is -0.444 e. The van der Waals surface area contributed by atoms with Gasteiger partial charge in [0.15, 0.2) is 0 Å². The third-order valence-electron chi connectivity index (χ3n) is 4.23. The monoisotopic (exact) mass is 371 g/mol. The van der Waals surface area contributed by atoms with Crippen molar-refractivity contribution in [1.29, 1.82) is 0 Å². The first kappa shape index (κ1) is 20.6. The number of aryl methyl sites for hydroxylation is 1. The van der Waals surface area contributed by atoms with E-state index < -0.39 is 13.7 Å². The zero-order chi connectivity index (χ0) is 19.4. The molecule has 0 saturated carbocycles. The summed E-state index contributed by atoms with van der Waals surface area (Å²) in [5.74, 6) is 3.36. The van der Waals surface area contributed by atoms with E-state index in [1.54, 1.807) is 0 Å². The number of nitrogens with zero attached hydrogens (tertiary/aromatic N) is 1. The van der Waals surface area contributed by atoms with Crippen LogP contribution in [0.2, 0.25) is 19.6 Å². The molecular weight excluding hydrogens is 338 g/mol. The number of rotatable bonds is 3. The van der Waals surface area contributed by atoms with E-state index in [1.165, 1.54) is 16.7 Å². The van der Waals surface area contributed by atoms with Crippen molar-refractivity contribution < 1.29 is 9.53 Å². The summed E-state index contributed by atoms with van der Waals surface area (Å²) in [6.45, 7) is 13.9. The smallest absolute Gasteiger partial charge is 0.410 e. The number of hydrogen-bond donors (Lipinski definition) is 0. The molecule has 1 aromatic carbocycles. The van der Waals surface area contributed by atoms with Crippen LogP contribution in [0.4, 0.5) is 4.79 Å². The summed E-state index contributed by atoms with van der Waals surface area (Å²) in [7, 11) is -1.26. The van der Waals surface area contributed by atoms with Gasteiger partial charge in [0.1, 0.15) is 13.7 Å². The number of ether oxygens (including phenoxy) is 1. The van der Waals surface area contributed by atoms with Crippen molar-refractivity contribution in [2.24, 2.45) is 0 Å². The van der Waals surface area contributed by atoms with Crippen LogP contribution in [0.5, 0.6) is 0 Å². The van der Waals surface area contributed by atoms with E-state index in [2.05, 4.69) is 49.3 Å². The summed E-state index contributed by atoms with van der Waals surface area (Å²) in [5.41, 5.74) is 7.09. The highest BCUT2D eigenvalue weighted by Crippen LogP contribution is 2.25. The molecule has 0 spiro atoms. The Morgan fingerprint density at radius 2 is 2.00 bits per heavy atom. The Labute approximate surface area is 160 Å². The van der Waals surface area contributed by atoms with Crippen molar-refractivity contribution in [1.82, 2.24) is 4.90 Å². The lowest BCUT2D eigenvalue weighted by Crippen LogP contribution is -2.40. The second-order valence-corrected chi connectivity index (χ2v) is 13.9. The van der Waals surface area contributed by atoms with Gasteiger partial charge in [0.25, 0.3) is 0 Å². The third-order valence-corrected chi connectivity index (χ3v) is 5.15. The Kier molecular flexibility index (Phi) is 6.57. The lowest BCUT2D eigenvalue weighted by atomic mass is 9.92. The van der Waals surface area contributed by atoms with E-state index in [0.717, 1.165) is 32.2 Å². The van der Waals surface area contributed by atoms with E-state index in [4.69, 9.17) is 4.74 Å². The number of carbonyl (C=O) groups is 1. The minimum atomic E-state index is -1.26. The van der Waals surface area contributed by atoms with E-state index >= 15 is 0 Å². The summed E-state index contributed by atoms with van der Waals surface area (Å²) in [6, 6.07) is 6.48. The van der Waals surface area contributed by atoms with Crippen LogP contribution in [0.1, 0.15) is 50.3 Å². The van der Waals surface area contributed by atoms with Crippen molar-refractivity contribution >= 4 is 14.2 Å². The maximum atomic E-state index is 12.3. The average Bonchev–Trinajstić information content (AvgIpc) is 2.51. The van der Waals surface area contributed by atoms with Gasteiger partial charge in [-0.1, -0.05) is 37.8 Å². The van der Waals surface area contributed by atoms with Gasteiger partial charge in [-0.05, 0) is 56.7 Å². The SMILES string of the molecule is CC(C)(C)OC(=O)N1CCc2c(CCCC#C[Si](C)(C)C)cccc2C1. The molecule has 1 aliphatic rings. The third kappa shape index (κ3) is 6.53. The Morgan fingerprint density at radius 1 is 1.27 bits per heavy atom. The quantitative estimate of drug-likeness (QED) is 0.416. The van der Waals surface area contributed by atoms with Gasteiger partial charge < -0.3 is 9.64 Å². The van der Waals surface area contributed by atoms with Gasteiger partial charge in [0, 0.05) is 19.5 Å². The molecule has 0 atom stereocenters. The average molecular weight is 372 g/mol. The molecule has 0 aromatic heterocycles. The first-order chi connectivity index (χ1) is 12.1. The van der Waals surface area contributed by atoms with Gasteiger partial charge in [-0.15, -0.1) is 11.5 Å². The van der Waals surface area contributed by atoms with Crippen LogP contribution in [-0.4, -0.2) is 31.2 Å². The maximum absolute atomic E-state index is 12.3. The highest BCUT2D eigenvalue weighted by atomic mass is 28.3. The molecule has 0 radical (unpaired) electrons. The molecular formula is C22H33NO2Si. The van der Waals surface area contributed by atoms with Crippen molar-refractivity contribution in [2.75, 3.05) is 6.54 Å². The number of fused-ring (bicyclic) bond motifs is 1. The molecule has 1 aliphatic heterocycles. The summed E-state index contributed by atoms with van der Waals surface area (Å²) < 4.78 is 5.52. The molecule has 2 rings (SSSR count). The van der Waals surface area contributed by atoms with Gasteiger partial charge in [-0.3, -0.25) is 0 Å². The molecule has 142 valence electrons. The molecule has 0 unspecified atom stereocenters. The lowest BCUT2D eigenvalue weighted by molar-refractivity contribution is 0.0223. The fraction of sp³-hybridized carbons (Fsp3) is 0.591. The standard InChI is InChI=1S/C22H33NO2Si/c1-22(2,3)25-21(24)23-15-14-20-18(12-10-13-19(20)17-23)11-8-7-9-16-26(4,5)6/h10,12-13H,7-8,11,14-15,17H2,1-6H3. The van der Waals surface area contributed by atoms with Crippen LogP contribution >= 0.6 is 0 Å². The molecule has 0 N–H and O–H groups in total. The van der Waals surface area contributed by atoms with E-state index in [9.17, 15) is 4.79 Å². The highest BCUT2D eigenvalue weighted by Gasteiger charge is 2.26. The van der Waals surface area contributed by atoms with E-state index in [0.29, 0.717) is 6.54 Å². The normalized spacial score (nSPS) is 14.3. The molecule has 0 saturated heterocycles. The molecule has 0 fully saturated rings. The Balaban J connectivity index is 1.97. The fourth-order valence-corrected chi connectivity index (χ4v) is 3.76. The summed E-state index contributed by atoms with van der Waals surface area (Å²) >= 11 is 0. The molecule has 0 bridgehead atoms. The molecule has 26 heavy (non-hydrogen) atoms. The predicted molar refractivity (Wildman–Crippen MR) is 111 cm³/mol. The molecule has 1 heterocycles. The van der Waals surface area contributed by atoms with Gasteiger partial charge in [-0.2, -0.15) is 0 Å². The van der Waals surface area contributed by atoms with Crippen LogP contribution < -0.4 is 0 Å². The van der Waals surface area contributed by atoms with Crippen molar-refractivity contribution in [2.45, 2.75) is 78.2 Å². The Morgan fingerprint density at radius 3 is 2.65 bits per heavy atom. The van der Waals surface area contributed by atoms with Crippen molar-refractivity contribution in [3.05, 3.63) is 34.9 Å². The van der Waals surface area contributed by atoms with Crippen LogP contribution in [0.15, 0.2) is 18.2 Å². The van der Waals surface area contributed by atoms with E-state index in [1.807, 2.05) is 25.7 Å². The maximum Gasteiger partial charge on any atom is 0.410 e. The Hall–Kier alpha value is -1.73. The van der Waals surface area contributed by atoms with Gasteiger partial charge >= 0.3 is 6.09 Å². The first-order valence-electron chi connectivity index (χ1n) is 9.63. The summed E-state index contributed by atoms with van der Waals surface area (Å²) in [4.78, 5) is 14.1. The predicted octanol–water partition coefficient (Wildman–Crippen LogP) is 5.18. The van der Waals surface area contributed by atoms with Crippen molar-refractivity contribution in [3.63, 3.8) is 0 Å². The molecule has 1 aromatic rings. The van der Waals surface area contributed by atoms with Gasteiger partial charge in [0.05, 0.1) is 0 Å². The van der Waals surface area contributed by atoms with E-state index in [-0.39, 0.29) is 6.09 Å². The van der Waals surface area contributed by atoms with Crippen LogP contribution in [-0.2, 0) is 24.1 Å². The zero-order valence-corrected chi connectivity index (χ0v) is 18.2. The highest BCUT2D eigenvalue weighted by molar-refractivity contribution is 6.83. The second kappa shape index (κ2) is 8.31. The molecule has 3 nitrogen and oxygen atoms in total. The summed E-state index contributed by atoms with van der Waals surface area (Å²) in [6.07, 6.45) is 3.83. The largest absolute Gasteiger partial charge is 0.444 e. The molecule has 1 amide bonds. The number of carbonyl (C=O) groups excluding carboxylic acids is 1. The topological polar surface area (TPSA) is 29.5 Å². The second-order valence-electron chi connectivity index (χ2n) is 9.11. The Bertz CT molecular complexity index is 702. The number of hydrogen-bond acceptors (Lipinski definition) is 2. The minimum absolute atomic E-state index is 0.213. The van der Waals surface area contributed by atoms with Gasteiger partial charge in [-0.25, -0.2) is 4.79 Å². The lowest BCUT2D eigenvalue weighted by Gasteiger charge is -2.32. The summed E-state index contributed by atoms with van der Waals surface area (Å²) in [5, 5.41) is 0. The first-order valence-corrected chi connectivity index (χ1v) is 13.1. The molecule has 4 heteroatoms. The molecule has 0 aliphatic carbocycles. The van der Waals surface area contributed by atoms with Crippen molar-refractivity contribution in [3.8, 4) is 11.5 Å². The van der Waals surface area contributed by atoms with Crippen LogP contribution in [0.25, 0.3) is 0 Å². The fourth-order valence-electron chi connectivity index (χ4n) is 3.10. The number of amides is 1. The number of benzene rings is 1. The number of unbranched alkanes of at least 4 members (excludes halogenated alkanes) is 1. The van der Waals surface area contributed by atoms with Crippen LogP contribution in [0.3, 0.4) is 0 Å². The van der Waals surface area contributed by atoms with Gasteiger partial charge in [0.2, 0.25) is 0 Å². The zero-order valence-electron chi connectivity index (χ0n) is 17.2. The van der Waals surface area contributed by atoms with Crippen LogP contribution in [0, 0.1) is 11.5 Å².